The van der Waals surface area contributed by atoms with Crippen molar-refractivity contribution in [3.8, 4) is 0 Å². The van der Waals surface area contributed by atoms with Crippen molar-refractivity contribution < 1.29 is 15.0 Å². The van der Waals surface area contributed by atoms with Gasteiger partial charge < -0.3 is 25.7 Å². The third-order valence-electron chi connectivity index (χ3n) is 5.86. The van der Waals surface area contributed by atoms with Crippen molar-refractivity contribution in [3.05, 3.63) is 59.4 Å². The summed E-state index contributed by atoms with van der Waals surface area (Å²) in [7, 11) is 0. The van der Waals surface area contributed by atoms with E-state index in [1.165, 1.54) is 0 Å². The average Bonchev–Trinajstić information content (AvgIpc) is 3.06. The molecule has 4 rings (SSSR count). The van der Waals surface area contributed by atoms with Crippen LogP contribution in [0.25, 0.3) is 0 Å². The van der Waals surface area contributed by atoms with Crippen molar-refractivity contribution in [2.24, 2.45) is 5.92 Å². The van der Waals surface area contributed by atoms with Gasteiger partial charge in [-0.05, 0) is 67.4 Å². The summed E-state index contributed by atoms with van der Waals surface area (Å²) in [5.41, 5.74) is 3.95. The molecule has 1 saturated carbocycles. The zero-order valence-electron chi connectivity index (χ0n) is 16.9. The maximum absolute atomic E-state index is 13.2. The van der Waals surface area contributed by atoms with Crippen LogP contribution in [0.3, 0.4) is 0 Å². The second-order valence-electron chi connectivity index (χ2n) is 8.16. The number of aryl methyl sites for hydroxylation is 2. The Morgan fingerprint density at radius 3 is 2.70 bits per heavy atom. The molecular weight excluding hydrogens is 400 g/mol. The lowest BCUT2D eigenvalue weighted by Crippen LogP contribution is -2.60. The number of hydrogen-bond acceptors (Lipinski definition) is 5. The minimum atomic E-state index is -1.01. The summed E-state index contributed by atoms with van der Waals surface area (Å²) in [5, 5.41) is 27.6. The first-order valence-corrected chi connectivity index (χ1v) is 10.5. The van der Waals surface area contributed by atoms with Gasteiger partial charge >= 0.3 is 0 Å². The van der Waals surface area contributed by atoms with Gasteiger partial charge in [-0.25, -0.2) is 0 Å². The van der Waals surface area contributed by atoms with E-state index in [4.69, 9.17) is 12.2 Å². The molecule has 2 heterocycles. The summed E-state index contributed by atoms with van der Waals surface area (Å²) < 4.78 is 0. The maximum Gasteiger partial charge on any atom is 0.225 e. The van der Waals surface area contributed by atoms with E-state index < -0.39 is 30.2 Å². The number of carbonyl (C=O) groups excluding carboxylic acids is 1. The predicted octanol–water partition coefficient (Wildman–Crippen LogP) is 1.19. The lowest BCUT2D eigenvalue weighted by Gasteiger charge is -2.41. The van der Waals surface area contributed by atoms with Crippen LogP contribution in [0.1, 0.15) is 23.1 Å². The molecule has 158 valence electrons. The number of benzene rings is 1. The fourth-order valence-electron chi connectivity index (χ4n) is 4.55. The van der Waals surface area contributed by atoms with Crippen LogP contribution in [0.5, 0.6) is 0 Å². The Morgan fingerprint density at radius 2 is 2.03 bits per heavy atom. The summed E-state index contributed by atoms with van der Waals surface area (Å²) in [6.07, 6.45) is 1.53. The smallest absolute Gasteiger partial charge is 0.225 e. The number of hydrogen-bond donors (Lipinski definition) is 4. The van der Waals surface area contributed by atoms with Gasteiger partial charge in [0.2, 0.25) is 5.91 Å². The molecule has 8 heteroatoms. The molecule has 0 unspecified atom stereocenters. The Morgan fingerprint density at radius 1 is 1.30 bits per heavy atom. The summed E-state index contributed by atoms with van der Waals surface area (Å²) >= 11 is 5.58. The van der Waals surface area contributed by atoms with Gasteiger partial charge in [0, 0.05) is 24.6 Å². The molecule has 0 bridgehead atoms. The number of rotatable bonds is 4. The predicted molar refractivity (Wildman–Crippen MR) is 118 cm³/mol. The molecule has 5 atom stereocenters. The largest absolute Gasteiger partial charge is 0.390 e. The average molecular weight is 427 g/mol. The molecule has 4 N–H and O–H groups in total. The highest BCUT2D eigenvalue weighted by molar-refractivity contribution is 7.80. The van der Waals surface area contributed by atoms with E-state index in [0.29, 0.717) is 11.7 Å². The van der Waals surface area contributed by atoms with E-state index in [-0.39, 0.29) is 12.3 Å². The lowest BCUT2D eigenvalue weighted by molar-refractivity contribution is -0.131. The van der Waals surface area contributed by atoms with Gasteiger partial charge in [0.25, 0.3) is 0 Å². The summed E-state index contributed by atoms with van der Waals surface area (Å²) in [5.74, 6) is -0.723. The molecule has 1 aliphatic heterocycles. The van der Waals surface area contributed by atoms with Gasteiger partial charge in [-0.1, -0.05) is 12.1 Å². The standard InChI is InChI=1S/C22H26N4O3S/c1-12-6-13(2)8-15(7-12)26-19-16(9-17(27)20(28)18(19)25-22(26)30)21(29)24-11-14-4-3-5-23-10-14/h3-8,10,16-20,27-28H,9,11H2,1-2H3,(H,24,29)(H,25,30)/t16-,17-,18-,19+,20+/m1/s1. The van der Waals surface area contributed by atoms with E-state index in [2.05, 4.69) is 21.7 Å². The summed E-state index contributed by atoms with van der Waals surface area (Å²) in [6, 6.07) is 8.90. The highest BCUT2D eigenvalue weighted by atomic mass is 32.1. The van der Waals surface area contributed by atoms with Crippen LogP contribution in [0.4, 0.5) is 5.69 Å². The number of fused-ring (bicyclic) bond motifs is 1. The van der Waals surface area contributed by atoms with Crippen LogP contribution < -0.4 is 15.5 Å². The molecule has 1 aromatic carbocycles. The molecule has 1 saturated heterocycles. The molecule has 30 heavy (non-hydrogen) atoms. The van der Waals surface area contributed by atoms with Crippen LogP contribution >= 0.6 is 12.2 Å². The number of nitrogens with zero attached hydrogens (tertiary/aromatic N) is 2. The third-order valence-corrected chi connectivity index (χ3v) is 6.17. The normalized spacial score (nSPS) is 28.1. The fourth-order valence-corrected chi connectivity index (χ4v) is 4.92. The Bertz CT molecular complexity index is 934. The van der Waals surface area contributed by atoms with E-state index in [0.717, 1.165) is 22.4 Å². The molecule has 0 spiro atoms. The zero-order valence-corrected chi connectivity index (χ0v) is 17.8. The van der Waals surface area contributed by atoms with Gasteiger partial charge in [0.1, 0.15) is 6.10 Å². The van der Waals surface area contributed by atoms with Crippen LogP contribution in [0.15, 0.2) is 42.7 Å². The van der Waals surface area contributed by atoms with Gasteiger partial charge in [-0.15, -0.1) is 0 Å². The maximum atomic E-state index is 13.2. The van der Waals surface area contributed by atoms with Crippen molar-refractivity contribution in [2.45, 2.75) is 51.1 Å². The van der Waals surface area contributed by atoms with Crippen molar-refractivity contribution in [2.75, 3.05) is 4.90 Å². The molecule has 2 fully saturated rings. The SMILES string of the molecule is Cc1cc(C)cc(N2C(=S)N[C@H]3[C@@H](O)[C@H](O)C[C@@H](C(=O)NCc4cccnc4)[C@@H]32)c1. The minimum Gasteiger partial charge on any atom is -0.390 e. The highest BCUT2D eigenvalue weighted by Crippen LogP contribution is 2.37. The topological polar surface area (TPSA) is 97.7 Å². The van der Waals surface area contributed by atoms with Gasteiger partial charge in [-0.2, -0.15) is 0 Å². The molecule has 1 aromatic heterocycles. The van der Waals surface area contributed by atoms with E-state index in [9.17, 15) is 15.0 Å². The fraction of sp³-hybridized carbons (Fsp3) is 0.409. The van der Waals surface area contributed by atoms with Gasteiger partial charge in [-0.3, -0.25) is 9.78 Å². The number of thiocarbonyl (C=S) groups is 1. The molecule has 1 amide bonds. The van der Waals surface area contributed by atoms with Gasteiger partial charge in [0.15, 0.2) is 5.11 Å². The highest BCUT2D eigenvalue weighted by Gasteiger charge is 2.53. The van der Waals surface area contributed by atoms with Crippen molar-refractivity contribution in [1.82, 2.24) is 15.6 Å². The lowest BCUT2D eigenvalue weighted by atomic mass is 9.77. The molecular formula is C22H26N4O3S. The molecule has 2 aliphatic rings. The third kappa shape index (κ3) is 3.90. The van der Waals surface area contributed by atoms with E-state index in [1.807, 2.05) is 43.0 Å². The Labute approximate surface area is 181 Å². The Balaban J connectivity index is 1.63. The first kappa shape index (κ1) is 20.7. The number of pyridine rings is 1. The quantitative estimate of drug-likeness (QED) is 0.545. The van der Waals surface area contributed by atoms with Crippen LogP contribution in [0, 0.1) is 19.8 Å². The summed E-state index contributed by atoms with van der Waals surface area (Å²) in [4.78, 5) is 19.2. The van der Waals surface area contributed by atoms with Crippen LogP contribution in [-0.4, -0.2) is 50.5 Å². The van der Waals surface area contributed by atoms with Crippen molar-refractivity contribution in [1.29, 1.82) is 0 Å². The zero-order chi connectivity index (χ0) is 21.4. The minimum absolute atomic E-state index is 0.160. The van der Waals surface area contributed by atoms with E-state index >= 15 is 0 Å². The first-order chi connectivity index (χ1) is 14.3. The monoisotopic (exact) mass is 426 g/mol. The molecule has 7 nitrogen and oxygen atoms in total. The number of aromatic nitrogens is 1. The number of aliphatic hydroxyl groups excluding tert-OH is 2. The van der Waals surface area contributed by atoms with Gasteiger partial charge in [0.05, 0.1) is 24.1 Å². The van der Waals surface area contributed by atoms with Crippen LogP contribution in [-0.2, 0) is 11.3 Å². The number of anilines is 1. The molecule has 1 aliphatic carbocycles. The Hall–Kier alpha value is -2.55. The number of amides is 1. The number of carbonyl (C=O) groups is 1. The van der Waals surface area contributed by atoms with E-state index in [1.54, 1.807) is 12.4 Å². The number of aliphatic hydroxyl groups is 2. The second-order valence-corrected chi connectivity index (χ2v) is 8.55. The molecule has 2 aromatic rings. The first-order valence-electron chi connectivity index (χ1n) is 10.1. The Kier molecular flexibility index (Phi) is 5.73. The van der Waals surface area contributed by atoms with Crippen molar-refractivity contribution in [3.63, 3.8) is 0 Å². The second kappa shape index (κ2) is 8.29. The molecule has 0 radical (unpaired) electrons. The summed E-state index contributed by atoms with van der Waals surface area (Å²) in [6.45, 7) is 4.37. The van der Waals surface area contributed by atoms with Crippen LogP contribution in [0.2, 0.25) is 0 Å². The van der Waals surface area contributed by atoms with Crippen molar-refractivity contribution >= 4 is 28.9 Å². The number of nitrogens with one attached hydrogen (secondary N) is 2.